The van der Waals surface area contributed by atoms with Crippen LogP contribution in [0.2, 0.25) is 0 Å². The number of benzene rings is 1. The maximum Gasteiger partial charge on any atom is 0.123 e. The van der Waals surface area contributed by atoms with Crippen LogP contribution in [0.5, 0.6) is 5.75 Å². The van der Waals surface area contributed by atoms with Crippen molar-refractivity contribution in [3.05, 3.63) is 29.8 Å². The fourth-order valence-corrected chi connectivity index (χ4v) is 2.75. The molecular weight excluding hydrogens is 212 g/mol. The van der Waals surface area contributed by atoms with Gasteiger partial charge in [0.25, 0.3) is 0 Å². The summed E-state index contributed by atoms with van der Waals surface area (Å²) in [6.07, 6.45) is 2.70. The van der Waals surface area contributed by atoms with Crippen molar-refractivity contribution in [2.24, 2.45) is 0 Å². The number of nitrogens with one attached hydrogen (secondary N) is 2. The van der Waals surface area contributed by atoms with Gasteiger partial charge in [0.2, 0.25) is 0 Å². The molecular formula is C14H20N2O. The lowest BCUT2D eigenvalue weighted by atomic mass is 9.97. The van der Waals surface area contributed by atoms with Crippen molar-refractivity contribution >= 4 is 0 Å². The summed E-state index contributed by atoms with van der Waals surface area (Å²) in [7, 11) is 0. The Kier molecular flexibility index (Phi) is 3.29. The second-order valence-corrected chi connectivity index (χ2v) is 4.96. The van der Waals surface area contributed by atoms with Crippen LogP contribution in [0.3, 0.4) is 0 Å². The average molecular weight is 232 g/mol. The predicted octanol–water partition coefficient (Wildman–Crippen LogP) is 1.50. The summed E-state index contributed by atoms with van der Waals surface area (Å²) in [5.41, 5.74) is 1.38. The van der Waals surface area contributed by atoms with Crippen molar-refractivity contribution < 1.29 is 4.74 Å². The van der Waals surface area contributed by atoms with Crippen LogP contribution in [-0.4, -0.2) is 32.3 Å². The van der Waals surface area contributed by atoms with E-state index in [2.05, 4.69) is 34.9 Å². The third kappa shape index (κ3) is 2.45. The molecule has 2 aliphatic heterocycles. The molecule has 1 aromatic carbocycles. The van der Waals surface area contributed by atoms with Crippen LogP contribution in [0.15, 0.2) is 24.3 Å². The quantitative estimate of drug-likeness (QED) is 0.828. The molecule has 2 fully saturated rings. The molecule has 2 saturated heterocycles. The van der Waals surface area contributed by atoms with Crippen molar-refractivity contribution in [3.63, 3.8) is 0 Å². The van der Waals surface area contributed by atoms with E-state index in [4.69, 9.17) is 4.74 Å². The van der Waals surface area contributed by atoms with Gasteiger partial charge in [0, 0.05) is 19.0 Å². The minimum atomic E-state index is 0.352. The number of hydrogen-bond acceptors (Lipinski definition) is 3. The Morgan fingerprint density at radius 2 is 1.82 bits per heavy atom. The number of ether oxygens (including phenoxy) is 1. The standard InChI is InChI=1S/C14H20N2O/c1-2-4-14(17-12-6-8-16-10-12)13(3-1)11-5-7-15-9-11/h1-4,11-12,15-16H,5-10H2. The van der Waals surface area contributed by atoms with Gasteiger partial charge in [-0.3, -0.25) is 0 Å². The zero-order valence-corrected chi connectivity index (χ0v) is 10.1. The van der Waals surface area contributed by atoms with Crippen LogP contribution in [-0.2, 0) is 0 Å². The summed E-state index contributed by atoms with van der Waals surface area (Å²) in [6.45, 7) is 4.28. The van der Waals surface area contributed by atoms with Crippen molar-refractivity contribution in [1.82, 2.24) is 10.6 Å². The number of para-hydroxylation sites is 1. The SMILES string of the molecule is c1ccc(C2CCNC2)c(OC2CCNC2)c1. The van der Waals surface area contributed by atoms with Crippen LogP contribution in [0.25, 0.3) is 0 Å². The molecule has 0 bridgehead atoms. The first-order chi connectivity index (χ1) is 8.43. The second-order valence-electron chi connectivity index (χ2n) is 4.96. The van der Waals surface area contributed by atoms with Crippen LogP contribution >= 0.6 is 0 Å². The van der Waals surface area contributed by atoms with Crippen LogP contribution in [0.1, 0.15) is 24.3 Å². The van der Waals surface area contributed by atoms with Gasteiger partial charge in [0.05, 0.1) is 0 Å². The van der Waals surface area contributed by atoms with E-state index in [1.54, 1.807) is 0 Å². The van der Waals surface area contributed by atoms with Gasteiger partial charge in [0.15, 0.2) is 0 Å². The Labute approximate surface area is 103 Å². The van der Waals surface area contributed by atoms with Crippen molar-refractivity contribution in [2.75, 3.05) is 26.2 Å². The average Bonchev–Trinajstić information content (AvgIpc) is 3.01. The van der Waals surface area contributed by atoms with Crippen molar-refractivity contribution in [3.8, 4) is 5.75 Å². The molecule has 0 aliphatic carbocycles. The molecule has 3 nitrogen and oxygen atoms in total. The highest BCUT2D eigenvalue weighted by Crippen LogP contribution is 2.31. The first-order valence-electron chi connectivity index (χ1n) is 6.60. The molecule has 0 spiro atoms. The summed E-state index contributed by atoms with van der Waals surface area (Å²) in [5, 5.41) is 6.77. The van der Waals surface area contributed by atoms with E-state index >= 15 is 0 Å². The van der Waals surface area contributed by atoms with Gasteiger partial charge in [-0.15, -0.1) is 0 Å². The predicted molar refractivity (Wildman–Crippen MR) is 68.6 cm³/mol. The van der Waals surface area contributed by atoms with Gasteiger partial charge >= 0.3 is 0 Å². The van der Waals surface area contributed by atoms with Gasteiger partial charge in [-0.2, -0.15) is 0 Å². The third-order valence-electron chi connectivity index (χ3n) is 3.73. The first kappa shape index (κ1) is 11.1. The van der Waals surface area contributed by atoms with E-state index in [1.807, 2.05) is 0 Å². The van der Waals surface area contributed by atoms with E-state index < -0.39 is 0 Å². The molecule has 2 N–H and O–H groups in total. The summed E-state index contributed by atoms with van der Waals surface area (Å²) in [4.78, 5) is 0. The highest BCUT2D eigenvalue weighted by atomic mass is 16.5. The molecule has 0 aromatic heterocycles. The fourth-order valence-electron chi connectivity index (χ4n) is 2.75. The highest BCUT2D eigenvalue weighted by molar-refractivity contribution is 5.37. The number of rotatable bonds is 3. The second kappa shape index (κ2) is 5.07. The Morgan fingerprint density at radius 3 is 2.59 bits per heavy atom. The molecule has 1 aromatic rings. The van der Waals surface area contributed by atoms with E-state index in [0.29, 0.717) is 12.0 Å². The van der Waals surface area contributed by atoms with E-state index in [-0.39, 0.29) is 0 Å². The smallest absolute Gasteiger partial charge is 0.123 e. The summed E-state index contributed by atoms with van der Waals surface area (Å²) in [6, 6.07) is 8.53. The third-order valence-corrected chi connectivity index (χ3v) is 3.73. The normalized spacial score (nSPS) is 28.5. The molecule has 0 saturated carbocycles. The molecule has 17 heavy (non-hydrogen) atoms. The molecule has 2 atom stereocenters. The van der Waals surface area contributed by atoms with Gasteiger partial charge in [-0.05, 0) is 37.6 Å². The Hall–Kier alpha value is -1.06. The highest BCUT2D eigenvalue weighted by Gasteiger charge is 2.22. The molecule has 3 heteroatoms. The van der Waals surface area contributed by atoms with Gasteiger partial charge in [-0.1, -0.05) is 18.2 Å². The first-order valence-corrected chi connectivity index (χ1v) is 6.60. The molecule has 0 radical (unpaired) electrons. The maximum absolute atomic E-state index is 6.13. The fraction of sp³-hybridized carbons (Fsp3) is 0.571. The van der Waals surface area contributed by atoms with Crippen molar-refractivity contribution in [1.29, 1.82) is 0 Å². The van der Waals surface area contributed by atoms with E-state index in [1.165, 1.54) is 12.0 Å². The Balaban J connectivity index is 1.77. The van der Waals surface area contributed by atoms with Crippen molar-refractivity contribution in [2.45, 2.75) is 24.9 Å². The zero-order chi connectivity index (χ0) is 11.5. The number of hydrogen-bond donors (Lipinski definition) is 2. The topological polar surface area (TPSA) is 33.3 Å². The van der Waals surface area contributed by atoms with Gasteiger partial charge in [0.1, 0.15) is 11.9 Å². The monoisotopic (exact) mass is 232 g/mol. The zero-order valence-electron chi connectivity index (χ0n) is 10.1. The molecule has 92 valence electrons. The Bertz CT molecular complexity index is 368. The van der Waals surface area contributed by atoms with Crippen LogP contribution < -0.4 is 15.4 Å². The summed E-state index contributed by atoms with van der Waals surface area (Å²) < 4.78 is 6.13. The summed E-state index contributed by atoms with van der Waals surface area (Å²) in [5.74, 6) is 1.72. The molecule has 2 aliphatic rings. The lowest BCUT2D eigenvalue weighted by Crippen LogP contribution is -2.20. The minimum Gasteiger partial charge on any atom is -0.489 e. The van der Waals surface area contributed by atoms with Gasteiger partial charge in [-0.25, -0.2) is 0 Å². The van der Waals surface area contributed by atoms with Crippen LogP contribution in [0, 0.1) is 0 Å². The molecule has 3 rings (SSSR count). The van der Waals surface area contributed by atoms with Crippen LogP contribution in [0.4, 0.5) is 0 Å². The maximum atomic E-state index is 6.13. The Morgan fingerprint density at radius 1 is 1.00 bits per heavy atom. The largest absolute Gasteiger partial charge is 0.489 e. The van der Waals surface area contributed by atoms with Gasteiger partial charge < -0.3 is 15.4 Å². The lowest BCUT2D eigenvalue weighted by molar-refractivity contribution is 0.220. The molecule has 2 unspecified atom stereocenters. The van der Waals surface area contributed by atoms with E-state index in [9.17, 15) is 0 Å². The van der Waals surface area contributed by atoms with E-state index in [0.717, 1.165) is 38.3 Å². The molecule has 0 amide bonds. The summed E-state index contributed by atoms with van der Waals surface area (Å²) >= 11 is 0. The molecule has 2 heterocycles. The minimum absolute atomic E-state index is 0.352. The lowest BCUT2D eigenvalue weighted by Gasteiger charge is -2.18.